The van der Waals surface area contributed by atoms with Gasteiger partial charge < -0.3 is 15.5 Å². The Kier molecular flexibility index (Phi) is 6.95. The monoisotopic (exact) mass is 332 g/mol. The van der Waals surface area contributed by atoms with Crippen molar-refractivity contribution in [2.75, 3.05) is 25.5 Å². The van der Waals surface area contributed by atoms with Crippen LogP contribution in [0.2, 0.25) is 10.0 Å². The molecule has 0 aliphatic carbocycles. The van der Waals surface area contributed by atoms with Gasteiger partial charge in [0.15, 0.2) is 13.1 Å². The molecule has 0 spiro atoms. The number of carbonyl (C=O) groups excluding carboxylic acids is 2. The maximum absolute atomic E-state index is 11.9. The molecule has 0 heterocycles. The number of rotatable bonds is 6. The molecule has 0 bridgehead atoms. The molecule has 21 heavy (non-hydrogen) atoms. The summed E-state index contributed by atoms with van der Waals surface area (Å²) in [6, 6.07) is 4.97. The minimum atomic E-state index is -0.191. The van der Waals surface area contributed by atoms with Crippen molar-refractivity contribution in [2.24, 2.45) is 0 Å². The van der Waals surface area contributed by atoms with Crippen LogP contribution in [0, 0.1) is 0 Å². The quantitative estimate of drug-likeness (QED) is 0.727. The number of nitrogens with one attached hydrogen (secondary N) is 3. The van der Waals surface area contributed by atoms with Crippen LogP contribution in [0.1, 0.15) is 13.8 Å². The van der Waals surface area contributed by atoms with Gasteiger partial charge >= 0.3 is 0 Å². The second kappa shape index (κ2) is 8.22. The number of carbonyl (C=O) groups is 2. The minimum absolute atomic E-state index is 0.0789. The summed E-state index contributed by atoms with van der Waals surface area (Å²) < 4.78 is 0. The first-order valence-corrected chi connectivity index (χ1v) is 7.39. The first-order valence-electron chi connectivity index (χ1n) is 6.63. The Morgan fingerprint density at radius 2 is 1.76 bits per heavy atom. The molecule has 0 aliphatic heterocycles. The van der Waals surface area contributed by atoms with E-state index in [9.17, 15) is 9.59 Å². The van der Waals surface area contributed by atoms with Crippen molar-refractivity contribution in [3.05, 3.63) is 28.2 Å². The molecule has 0 radical (unpaired) electrons. The largest absolute Gasteiger partial charge is 0.349 e. The number of amides is 2. The van der Waals surface area contributed by atoms with Gasteiger partial charge in [-0.1, -0.05) is 23.2 Å². The third-order valence-electron chi connectivity index (χ3n) is 2.58. The van der Waals surface area contributed by atoms with E-state index in [-0.39, 0.29) is 30.9 Å². The number of hydrogen-bond donors (Lipinski definition) is 3. The van der Waals surface area contributed by atoms with Crippen molar-refractivity contribution in [3.8, 4) is 0 Å². The van der Waals surface area contributed by atoms with Gasteiger partial charge in [0, 0.05) is 11.7 Å². The SMILES string of the molecule is CC(C)NC(=O)C[NH+](C)CC(=O)Nc1ccc(Cl)c(Cl)c1. The molecule has 1 unspecified atom stereocenters. The van der Waals surface area contributed by atoms with E-state index in [0.717, 1.165) is 4.90 Å². The number of halogens is 2. The zero-order valence-electron chi connectivity index (χ0n) is 12.3. The molecule has 0 aromatic heterocycles. The zero-order chi connectivity index (χ0) is 16.0. The van der Waals surface area contributed by atoms with Crippen LogP contribution in [0.5, 0.6) is 0 Å². The van der Waals surface area contributed by atoms with Crippen LogP contribution in [-0.4, -0.2) is 38.0 Å². The number of quaternary nitrogens is 1. The molecule has 0 aliphatic rings. The van der Waals surface area contributed by atoms with Crippen LogP contribution < -0.4 is 15.5 Å². The van der Waals surface area contributed by atoms with Crippen molar-refractivity contribution >= 4 is 40.7 Å². The molecule has 5 nitrogen and oxygen atoms in total. The standard InChI is InChI=1S/C14H19Cl2N3O2/c1-9(2)17-13(20)7-19(3)8-14(21)18-10-4-5-11(15)12(16)6-10/h4-6,9H,7-8H2,1-3H3,(H,17,20)(H,18,21)/p+1. The number of benzene rings is 1. The molecule has 1 atom stereocenters. The summed E-state index contributed by atoms with van der Waals surface area (Å²) in [6.45, 7) is 4.22. The van der Waals surface area contributed by atoms with E-state index in [0.29, 0.717) is 15.7 Å². The Labute approximate surface area is 134 Å². The Balaban J connectivity index is 2.45. The third kappa shape index (κ3) is 6.80. The summed E-state index contributed by atoms with van der Waals surface area (Å²) in [4.78, 5) is 24.3. The van der Waals surface area contributed by atoms with Gasteiger partial charge in [0.1, 0.15) is 0 Å². The van der Waals surface area contributed by atoms with E-state index in [1.54, 1.807) is 25.2 Å². The van der Waals surface area contributed by atoms with Crippen LogP contribution in [0.25, 0.3) is 0 Å². The summed E-state index contributed by atoms with van der Waals surface area (Å²) in [5, 5.41) is 6.32. The van der Waals surface area contributed by atoms with E-state index in [1.165, 1.54) is 0 Å². The lowest BCUT2D eigenvalue weighted by molar-refractivity contribution is -0.862. The maximum atomic E-state index is 11.9. The highest BCUT2D eigenvalue weighted by Crippen LogP contribution is 2.24. The second-order valence-corrected chi connectivity index (χ2v) is 6.02. The molecule has 2 amide bonds. The van der Waals surface area contributed by atoms with Crippen LogP contribution in [-0.2, 0) is 9.59 Å². The number of likely N-dealkylation sites (N-methyl/N-ethyl adjacent to an activating group) is 1. The number of anilines is 1. The second-order valence-electron chi connectivity index (χ2n) is 5.21. The van der Waals surface area contributed by atoms with E-state index in [4.69, 9.17) is 23.2 Å². The smallest absolute Gasteiger partial charge is 0.279 e. The van der Waals surface area contributed by atoms with Gasteiger partial charge in [0.25, 0.3) is 11.8 Å². The first-order chi connectivity index (χ1) is 9.77. The molecule has 116 valence electrons. The Bertz CT molecular complexity index is 521. The predicted octanol–water partition coefficient (Wildman–Crippen LogP) is 0.971. The average Bonchev–Trinajstić information content (AvgIpc) is 2.32. The van der Waals surface area contributed by atoms with Gasteiger partial charge in [-0.15, -0.1) is 0 Å². The Hall–Kier alpha value is -1.30. The molecular weight excluding hydrogens is 313 g/mol. The van der Waals surface area contributed by atoms with E-state index >= 15 is 0 Å². The molecule has 3 N–H and O–H groups in total. The van der Waals surface area contributed by atoms with Crippen molar-refractivity contribution in [2.45, 2.75) is 19.9 Å². The van der Waals surface area contributed by atoms with Crippen molar-refractivity contribution in [3.63, 3.8) is 0 Å². The normalized spacial score (nSPS) is 12.1. The zero-order valence-corrected chi connectivity index (χ0v) is 13.8. The lowest BCUT2D eigenvalue weighted by Crippen LogP contribution is -3.11. The summed E-state index contributed by atoms with van der Waals surface area (Å²) in [6.07, 6.45) is 0. The van der Waals surface area contributed by atoms with Gasteiger partial charge in [-0.3, -0.25) is 9.59 Å². The van der Waals surface area contributed by atoms with Gasteiger partial charge in [-0.2, -0.15) is 0 Å². The molecule has 0 saturated heterocycles. The first kappa shape index (κ1) is 17.8. The van der Waals surface area contributed by atoms with Crippen LogP contribution in [0.15, 0.2) is 18.2 Å². The highest BCUT2D eigenvalue weighted by Gasteiger charge is 2.15. The highest BCUT2D eigenvalue weighted by molar-refractivity contribution is 6.42. The third-order valence-corrected chi connectivity index (χ3v) is 3.32. The molecular formula is C14H20Cl2N3O2+. The Morgan fingerprint density at radius 3 is 2.33 bits per heavy atom. The van der Waals surface area contributed by atoms with Gasteiger partial charge in [0.2, 0.25) is 0 Å². The van der Waals surface area contributed by atoms with Crippen LogP contribution >= 0.6 is 23.2 Å². The van der Waals surface area contributed by atoms with Crippen LogP contribution in [0.4, 0.5) is 5.69 Å². The van der Waals surface area contributed by atoms with Crippen LogP contribution in [0.3, 0.4) is 0 Å². The lowest BCUT2D eigenvalue weighted by Gasteiger charge is -2.15. The molecule has 0 saturated carbocycles. The molecule has 7 heteroatoms. The number of hydrogen-bond acceptors (Lipinski definition) is 2. The molecule has 1 aromatic carbocycles. The average molecular weight is 333 g/mol. The van der Waals surface area contributed by atoms with Crippen molar-refractivity contribution < 1.29 is 14.5 Å². The highest BCUT2D eigenvalue weighted by atomic mass is 35.5. The van der Waals surface area contributed by atoms with Gasteiger partial charge in [0.05, 0.1) is 17.1 Å². The summed E-state index contributed by atoms with van der Waals surface area (Å²) >= 11 is 11.7. The molecule has 1 rings (SSSR count). The van der Waals surface area contributed by atoms with E-state index < -0.39 is 0 Å². The fourth-order valence-electron chi connectivity index (χ4n) is 1.76. The fourth-order valence-corrected chi connectivity index (χ4v) is 2.06. The lowest BCUT2D eigenvalue weighted by atomic mass is 10.3. The summed E-state index contributed by atoms with van der Waals surface area (Å²) in [5.74, 6) is -0.270. The summed E-state index contributed by atoms with van der Waals surface area (Å²) in [5.41, 5.74) is 0.578. The van der Waals surface area contributed by atoms with Crippen molar-refractivity contribution in [1.29, 1.82) is 0 Å². The van der Waals surface area contributed by atoms with Gasteiger partial charge in [-0.25, -0.2) is 0 Å². The predicted molar refractivity (Wildman–Crippen MR) is 85.0 cm³/mol. The topological polar surface area (TPSA) is 62.6 Å². The van der Waals surface area contributed by atoms with Gasteiger partial charge in [-0.05, 0) is 32.0 Å². The van der Waals surface area contributed by atoms with E-state index in [2.05, 4.69) is 10.6 Å². The summed E-state index contributed by atoms with van der Waals surface area (Å²) in [7, 11) is 1.79. The fraction of sp³-hybridized carbons (Fsp3) is 0.429. The maximum Gasteiger partial charge on any atom is 0.279 e. The van der Waals surface area contributed by atoms with Crippen molar-refractivity contribution in [1.82, 2.24) is 5.32 Å². The Morgan fingerprint density at radius 1 is 1.14 bits per heavy atom. The minimum Gasteiger partial charge on any atom is -0.349 e. The molecule has 1 aromatic rings. The molecule has 0 fully saturated rings. The van der Waals surface area contributed by atoms with E-state index in [1.807, 2.05) is 13.8 Å².